The van der Waals surface area contributed by atoms with E-state index in [2.05, 4.69) is 20.6 Å². The Morgan fingerprint density at radius 1 is 1.28 bits per heavy atom. The van der Waals surface area contributed by atoms with Gasteiger partial charge in [0.15, 0.2) is 0 Å². The van der Waals surface area contributed by atoms with Crippen molar-refractivity contribution in [2.24, 2.45) is 0 Å². The summed E-state index contributed by atoms with van der Waals surface area (Å²) < 4.78 is 7.09. The molecule has 7 heteroatoms. The molecule has 1 saturated heterocycles. The van der Waals surface area contributed by atoms with Gasteiger partial charge in [0, 0.05) is 31.7 Å². The maximum atomic E-state index is 12.4. The molecule has 0 unspecified atom stereocenters. The van der Waals surface area contributed by atoms with Crippen LogP contribution < -0.4 is 10.6 Å². The number of hydrogen-bond acceptors (Lipinski definition) is 4. The zero-order valence-corrected chi connectivity index (χ0v) is 14.7. The summed E-state index contributed by atoms with van der Waals surface area (Å²) in [5, 5.41) is 10.4. The van der Waals surface area contributed by atoms with Crippen LogP contribution in [-0.4, -0.2) is 59.6 Å². The number of hydrogen-bond donors (Lipinski definition) is 2. The van der Waals surface area contributed by atoms with Crippen LogP contribution in [0.3, 0.4) is 0 Å². The Balaban J connectivity index is 1.59. The Bertz CT molecular complexity index is 695. The third-order valence-electron chi connectivity index (χ3n) is 4.09. The largest absolute Gasteiger partial charge is 0.379 e. The molecule has 0 aliphatic carbocycles. The molecule has 0 radical (unpaired) electrons. The molecule has 134 valence electrons. The van der Waals surface area contributed by atoms with E-state index in [9.17, 15) is 4.79 Å². The van der Waals surface area contributed by atoms with Gasteiger partial charge in [-0.05, 0) is 26.0 Å². The van der Waals surface area contributed by atoms with Gasteiger partial charge in [-0.1, -0.05) is 18.2 Å². The van der Waals surface area contributed by atoms with Crippen LogP contribution in [0.1, 0.15) is 12.6 Å². The number of aromatic nitrogens is 2. The zero-order chi connectivity index (χ0) is 17.6. The summed E-state index contributed by atoms with van der Waals surface area (Å²) in [5.74, 6) is 0.653. The molecule has 2 N–H and O–H groups in total. The summed E-state index contributed by atoms with van der Waals surface area (Å²) in [4.78, 5) is 14.6. The molecule has 25 heavy (non-hydrogen) atoms. The fourth-order valence-electron chi connectivity index (χ4n) is 2.95. The molecule has 1 fully saturated rings. The van der Waals surface area contributed by atoms with E-state index in [4.69, 9.17) is 4.74 Å². The molecule has 1 aromatic carbocycles. The first-order chi connectivity index (χ1) is 12.1. The van der Waals surface area contributed by atoms with Crippen LogP contribution in [0.15, 0.2) is 36.4 Å². The van der Waals surface area contributed by atoms with E-state index in [1.54, 1.807) is 4.68 Å². The van der Waals surface area contributed by atoms with Crippen molar-refractivity contribution in [3.05, 3.63) is 42.1 Å². The highest BCUT2D eigenvalue weighted by Gasteiger charge is 2.16. The Morgan fingerprint density at radius 3 is 2.72 bits per heavy atom. The van der Waals surface area contributed by atoms with Crippen molar-refractivity contribution in [1.29, 1.82) is 0 Å². The van der Waals surface area contributed by atoms with Gasteiger partial charge in [-0.3, -0.25) is 10.2 Å². The van der Waals surface area contributed by atoms with Crippen LogP contribution in [0.25, 0.3) is 5.69 Å². The van der Waals surface area contributed by atoms with E-state index in [0.717, 1.165) is 44.2 Å². The lowest BCUT2D eigenvalue weighted by Gasteiger charge is -2.29. The number of nitrogens with zero attached hydrogens (tertiary/aromatic N) is 3. The van der Waals surface area contributed by atoms with Crippen LogP contribution in [-0.2, 0) is 4.74 Å². The topological polar surface area (TPSA) is 71.4 Å². The number of carbonyl (C=O) groups is 1. The minimum atomic E-state index is -0.224. The first-order valence-electron chi connectivity index (χ1n) is 8.61. The number of nitrogens with one attached hydrogen (secondary N) is 2. The number of morpholine rings is 1. The fourth-order valence-corrected chi connectivity index (χ4v) is 2.95. The molecule has 0 spiro atoms. The standard InChI is InChI=1S/C18H25N5O2/c1-14-12-17(23(21-14)16-6-4-3-5-7-16)20-18(24)19-15(2)13-22-8-10-25-11-9-22/h3-7,12,15H,8-11,13H2,1-2H3,(H2,19,20,24)/t15-/m0/s1. The molecule has 0 bridgehead atoms. The van der Waals surface area contributed by atoms with Crippen molar-refractivity contribution < 1.29 is 9.53 Å². The highest BCUT2D eigenvalue weighted by atomic mass is 16.5. The van der Waals surface area contributed by atoms with Crippen LogP contribution in [0, 0.1) is 6.92 Å². The van der Waals surface area contributed by atoms with Crippen LogP contribution in [0.2, 0.25) is 0 Å². The molecule has 3 rings (SSSR count). The minimum absolute atomic E-state index is 0.0484. The summed E-state index contributed by atoms with van der Waals surface area (Å²) in [6.07, 6.45) is 0. The van der Waals surface area contributed by atoms with Crippen molar-refractivity contribution >= 4 is 11.8 Å². The van der Waals surface area contributed by atoms with Gasteiger partial charge >= 0.3 is 6.03 Å². The van der Waals surface area contributed by atoms with E-state index < -0.39 is 0 Å². The van der Waals surface area contributed by atoms with Crippen molar-refractivity contribution in [3.63, 3.8) is 0 Å². The summed E-state index contributed by atoms with van der Waals surface area (Å²) in [5.41, 5.74) is 1.76. The predicted octanol–water partition coefficient (Wildman–Crippen LogP) is 2.02. The molecule has 7 nitrogen and oxygen atoms in total. The number of urea groups is 1. The average molecular weight is 343 g/mol. The van der Waals surface area contributed by atoms with Crippen molar-refractivity contribution in [3.8, 4) is 5.69 Å². The second-order valence-electron chi connectivity index (χ2n) is 6.33. The van der Waals surface area contributed by atoms with Gasteiger partial charge in [-0.25, -0.2) is 9.48 Å². The number of aryl methyl sites for hydroxylation is 1. The van der Waals surface area contributed by atoms with E-state index in [1.165, 1.54) is 0 Å². The highest BCUT2D eigenvalue weighted by molar-refractivity contribution is 5.88. The van der Waals surface area contributed by atoms with Gasteiger partial charge in [0.25, 0.3) is 0 Å². The fraction of sp³-hybridized carbons (Fsp3) is 0.444. The number of amides is 2. The third-order valence-corrected chi connectivity index (χ3v) is 4.09. The Morgan fingerprint density at radius 2 is 2.00 bits per heavy atom. The van der Waals surface area contributed by atoms with Gasteiger partial charge in [0.05, 0.1) is 24.6 Å². The van der Waals surface area contributed by atoms with Crippen molar-refractivity contribution in [2.45, 2.75) is 19.9 Å². The molecular formula is C18H25N5O2. The number of rotatable bonds is 5. The summed E-state index contributed by atoms with van der Waals surface area (Å²) in [7, 11) is 0. The maximum absolute atomic E-state index is 12.4. The second kappa shape index (κ2) is 8.13. The quantitative estimate of drug-likeness (QED) is 0.871. The zero-order valence-electron chi connectivity index (χ0n) is 14.7. The van der Waals surface area contributed by atoms with E-state index >= 15 is 0 Å². The highest BCUT2D eigenvalue weighted by Crippen LogP contribution is 2.16. The Labute approximate surface area is 148 Å². The summed E-state index contributed by atoms with van der Waals surface area (Å²) in [6.45, 7) is 8.07. The lowest BCUT2D eigenvalue weighted by molar-refractivity contribution is 0.0350. The summed E-state index contributed by atoms with van der Waals surface area (Å²) >= 11 is 0. The van der Waals surface area contributed by atoms with Gasteiger partial charge in [-0.2, -0.15) is 5.10 Å². The van der Waals surface area contributed by atoms with Crippen molar-refractivity contribution in [1.82, 2.24) is 20.0 Å². The average Bonchev–Trinajstić information content (AvgIpc) is 2.96. The number of anilines is 1. The van der Waals surface area contributed by atoms with E-state index in [0.29, 0.717) is 5.82 Å². The van der Waals surface area contributed by atoms with Crippen molar-refractivity contribution in [2.75, 3.05) is 38.2 Å². The third kappa shape index (κ3) is 4.80. The van der Waals surface area contributed by atoms with Gasteiger partial charge in [-0.15, -0.1) is 0 Å². The predicted molar refractivity (Wildman–Crippen MR) is 97.2 cm³/mol. The molecule has 1 aliphatic rings. The smallest absolute Gasteiger partial charge is 0.320 e. The van der Waals surface area contributed by atoms with E-state index in [-0.39, 0.29) is 12.1 Å². The molecule has 2 heterocycles. The molecule has 1 aromatic heterocycles. The van der Waals surface area contributed by atoms with Gasteiger partial charge in [0.1, 0.15) is 5.82 Å². The molecule has 1 aliphatic heterocycles. The van der Waals surface area contributed by atoms with Crippen LogP contribution in [0.5, 0.6) is 0 Å². The first kappa shape index (κ1) is 17.4. The number of benzene rings is 1. The SMILES string of the molecule is Cc1cc(NC(=O)N[C@@H](C)CN2CCOCC2)n(-c2ccccc2)n1. The molecule has 0 saturated carbocycles. The number of para-hydroxylation sites is 1. The van der Waals surface area contributed by atoms with Crippen LogP contribution in [0.4, 0.5) is 10.6 Å². The first-order valence-corrected chi connectivity index (χ1v) is 8.61. The normalized spacial score (nSPS) is 16.4. The van der Waals surface area contributed by atoms with Gasteiger partial charge in [0.2, 0.25) is 0 Å². The van der Waals surface area contributed by atoms with Crippen LogP contribution >= 0.6 is 0 Å². The second-order valence-corrected chi connectivity index (χ2v) is 6.33. The lowest BCUT2D eigenvalue weighted by atomic mass is 10.3. The summed E-state index contributed by atoms with van der Waals surface area (Å²) in [6, 6.07) is 11.4. The molecule has 2 amide bonds. The number of carbonyl (C=O) groups excluding carboxylic acids is 1. The monoisotopic (exact) mass is 343 g/mol. The number of ether oxygens (including phenoxy) is 1. The Kier molecular flexibility index (Phi) is 5.67. The van der Waals surface area contributed by atoms with Gasteiger partial charge < -0.3 is 10.1 Å². The molecular weight excluding hydrogens is 318 g/mol. The molecule has 1 atom stereocenters. The maximum Gasteiger partial charge on any atom is 0.320 e. The minimum Gasteiger partial charge on any atom is -0.379 e. The lowest BCUT2D eigenvalue weighted by Crippen LogP contribution is -2.47. The Hall–Kier alpha value is -2.38. The molecule has 2 aromatic rings. The van der Waals surface area contributed by atoms with E-state index in [1.807, 2.05) is 50.2 Å².